The number of urea groups is 1. The van der Waals surface area contributed by atoms with Crippen molar-refractivity contribution in [2.45, 2.75) is 65.0 Å². The zero-order valence-electron chi connectivity index (χ0n) is 14.1. The van der Waals surface area contributed by atoms with Gasteiger partial charge in [-0.05, 0) is 52.1 Å². The number of aliphatic hydroxyl groups excluding tert-OH is 1. The molecule has 1 unspecified atom stereocenters. The molecule has 0 aromatic carbocycles. The van der Waals surface area contributed by atoms with Crippen LogP contribution in [0.4, 0.5) is 4.79 Å². The van der Waals surface area contributed by atoms with E-state index in [1.807, 2.05) is 0 Å². The fourth-order valence-electron chi connectivity index (χ4n) is 2.89. The van der Waals surface area contributed by atoms with Gasteiger partial charge in [0.05, 0.1) is 12.6 Å². The molecule has 0 aromatic rings. The number of likely N-dealkylation sites (tertiary alicyclic amines) is 1. The highest BCUT2D eigenvalue weighted by Crippen LogP contribution is 2.19. The second kappa shape index (κ2) is 8.59. The number of piperidine rings is 1. The second-order valence-electron chi connectivity index (χ2n) is 7.20. The number of nitrogens with zero attached hydrogens (tertiary/aromatic N) is 1. The summed E-state index contributed by atoms with van der Waals surface area (Å²) in [5.41, 5.74) is -0.0233. The summed E-state index contributed by atoms with van der Waals surface area (Å²) < 4.78 is 0. The first kappa shape index (κ1) is 18.2. The first-order chi connectivity index (χ1) is 9.85. The van der Waals surface area contributed by atoms with E-state index in [9.17, 15) is 9.90 Å². The number of amides is 2. The minimum absolute atomic E-state index is 0.0128. The fraction of sp³-hybridized carbons (Fsp3) is 0.938. The van der Waals surface area contributed by atoms with Crippen molar-refractivity contribution in [2.24, 2.45) is 5.92 Å². The highest BCUT2D eigenvalue weighted by Gasteiger charge is 2.28. The van der Waals surface area contributed by atoms with E-state index in [2.05, 4.69) is 43.2 Å². The molecule has 1 atom stereocenters. The Morgan fingerprint density at radius 2 is 1.86 bits per heavy atom. The summed E-state index contributed by atoms with van der Waals surface area (Å²) in [6, 6.07) is -0.345. The molecule has 1 fully saturated rings. The van der Waals surface area contributed by atoms with E-state index in [0.29, 0.717) is 12.5 Å². The number of aliphatic hydroxyl groups is 1. The van der Waals surface area contributed by atoms with Crippen LogP contribution in [-0.4, -0.2) is 53.9 Å². The SMILES string of the molecule is CC(C)CC(CO)NC(=O)NCC(C)(C)N1CCCCC1. The Labute approximate surface area is 129 Å². The fourth-order valence-corrected chi connectivity index (χ4v) is 2.89. The topological polar surface area (TPSA) is 64.6 Å². The monoisotopic (exact) mass is 299 g/mol. The standard InChI is InChI=1S/C16H33N3O2/c1-13(2)10-14(11-20)18-15(21)17-12-16(3,4)19-8-6-5-7-9-19/h13-14,20H,5-12H2,1-4H3,(H2,17,18,21). The summed E-state index contributed by atoms with van der Waals surface area (Å²) in [6.45, 7) is 11.4. The van der Waals surface area contributed by atoms with Crippen LogP contribution >= 0.6 is 0 Å². The van der Waals surface area contributed by atoms with E-state index in [1.165, 1.54) is 19.3 Å². The van der Waals surface area contributed by atoms with E-state index in [0.717, 1.165) is 19.5 Å². The lowest BCUT2D eigenvalue weighted by Gasteiger charge is -2.41. The van der Waals surface area contributed by atoms with E-state index < -0.39 is 0 Å². The summed E-state index contributed by atoms with van der Waals surface area (Å²) in [5, 5.41) is 15.1. The molecule has 0 saturated carbocycles. The third-order valence-corrected chi connectivity index (χ3v) is 4.21. The molecule has 0 radical (unpaired) electrons. The van der Waals surface area contributed by atoms with Crippen LogP contribution in [-0.2, 0) is 0 Å². The van der Waals surface area contributed by atoms with Gasteiger partial charge in [0.15, 0.2) is 0 Å². The Hall–Kier alpha value is -0.810. The molecule has 1 rings (SSSR count). The lowest BCUT2D eigenvalue weighted by atomic mass is 9.98. The maximum absolute atomic E-state index is 12.0. The van der Waals surface area contributed by atoms with Gasteiger partial charge in [-0.3, -0.25) is 4.90 Å². The molecule has 1 heterocycles. The van der Waals surface area contributed by atoms with Gasteiger partial charge < -0.3 is 15.7 Å². The minimum Gasteiger partial charge on any atom is -0.394 e. The van der Waals surface area contributed by atoms with Crippen molar-refractivity contribution in [3.63, 3.8) is 0 Å². The quantitative estimate of drug-likeness (QED) is 0.673. The lowest BCUT2D eigenvalue weighted by molar-refractivity contribution is 0.0956. The van der Waals surface area contributed by atoms with E-state index in [-0.39, 0.29) is 24.2 Å². The normalized spacial score (nSPS) is 18.6. The average molecular weight is 299 g/mol. The summed E-state index contributed by atoms with van der Waals surface area (Å²) in [4.78, 5) is 14.4. The summed E-state index contributed by atoms with van der Waals surface area (Å²) >= 11 is 0. The number of rotatable bonds is 7. The molecule has 1 aliphatic heterocycles. The minimum atomic E-state index is -0.181. The molecule has 0 bridgehead atoms. The first-order valence-corrected chi connectivity index (χ1v) is 8.25. The Morgan fingerprint density at radius 3 is 2.38 bits per heavy atom. The van der Waals surface area contributed by atoms with E-state index >= 15 is 0 Å². The number of hydrogen-bond acceptors (Lipinski definition) is 3. The molecule has 5 nitrogen and oxygen atoms in total. The van der Waals surface area contributed by atoms with E-state index in [4.69, 9.17) is 0 Å². The Morgan fingerprint density at radius 1 is 1.24 bits per heavy atom. The third kappa shape index (κ3) is 6.66. The molecule has 0 spiro atoms. The van der Waals surface area contributed by atoms with Crippen LogP contribution in [0.1, 0.15) is 53.4 Å². The van der Waals surface area contributed by atoms with Crippen LogP contribution in [0.25, 0.3) is 0 Å². The number of carbonyl (C=O) groups excluding carboxylic acids is 1. The Bertz CT molecular complexity index is 313. The van der Waals surface area contributed by atoms with Gasteiger partial charge >= 0.3 is 6.03 Å². The van der Waals surface area contributed by atoms with Crippen molar-refractivity contribution in [2.75, 3.05) is 26.2 Å². The molecule has 0 aromatic heterocycles. The summed E-state index contributed by atoms with van der Waals surface area (Å²) in [6.07, 6.45) is 4.60. The Balaban J connectivity index is 2.36. The highest BCUT2D eigenvalue weighted by molar-refractivity contribution is 5.74. The summed E-state index contributed by atoms with van der Waals surface area (Å²) in [7, 11) is 0. The van der Waals surface area contributed by atoms with Gasteiger partial charge in [0, 0.05) is 12.1 Å². The van der Waals surface area contributed by atoms with Crippen LogP contribution < -0.4 is 10.6 Å². The van der Waals surface area contributed by atoms with Gasteiger partial charge in [-0.1, -0.05) is 20.3 Å². The van der Waals surface area contributed by atoms with Gasteiger partial charge in [-0.25, -0.2) is 4.79 Å². The number of hydrogen-bond donors (Lipinski definition) is 3. The molecule has 5 heteroatoms. The van der Waals surface area contributed by atoms with Gasteiger partial charge in [0.2, 0.25) is 0 Å². The number of nitrogens with one attached hydrogen (secondary N) is 2. The second-order valence-corrected chi connectivity index (χ2v) is 7.20. The molecule has 1 saturated heterocycles. The maximum Gasteiger partial charge on any atom is 0.315 e. The van der Waals surface area contributed by atoms with Crippen molar-refractivity contribution in [3.05, 3.63) is 0 Å². The molecule has 3 N–H and O–H groups in total. The molecule has 0 aliphatic carbocycles. The van der Waals surface area contributed by atoms with Crippen LogP contribution in [0.15, 0.2) is 0 Å². The average Bonchev–Trinajstić information content (AvgIpc) is 2.45. The molecule has 124 valence electrons. The molecule has 21 heavy (non-hydrogen) atoms. The highest BCUT2D eigenvalue weighted by atomic mass is 16.3. The molecule has 1 aliphatic rings. The predicted octanol–water partition coefficient (Wildman–Crippen LogP) is 1.96. The molecular formula is C16H33N3O2. The Kier molecular flexibility index (Phi) is 7.46. The van der Waals surface area contributed by atoms with Crippen molar-refractivity contribution >= 4 is 6.03 Å². The maximum atomic E-state index is 12.0. The zero-order valence-corrected chi connectivity index (χ0v) is 14.1. The van der Waals surface area contributed by atoms with Crippen LogP contribution in [0.5, 0.6) is 0 Å². The third-order valence-electron chi connectivity index (χ3n) is 4.21. The van der Waals surface area contributed by atoms with Crippen molar-refractivity contribution in [3.8, 4) is 0 Å². The summed E-state index contributed by atoms with van der Waals surface area (Å²) in [5.74, 6) is 0.451. The zero-order chi connectivity index (χ0) is 15.9. The first-order valence-electron chi connectivity index (χ1n) is 8.25. The van der Waals surface area contributed by atoms with Crippen LogP contribution in [0, 0.1) is 5.92 Å². The lowest BCUT2D eigenvalue weighted by Crippen LogP contribution is -2.55. The largest absolute Gasteiger partial charge is 0.394 e. The van der Waals surface area contributed by atoms with Crippen molar-refractivity contribution < 1.29 is 9.90 Å². The van der Waals surface area contributed by atoms with Crippen molar-refractivity contribution in [1.29, 1.82) is 0 Å². The number of carbonyl (C=O) groups is 1. The smallest absolute Gasteiger partial charge is 0.315 e. The van der Waals surface area contributed by atoms with Crippen LogP contribution in [0.2, 0.25) is 0 Å². The van der Waals surface area contributed by atoms with Crippen molar-refractivity contribution in [1.82, 2.24) is 15.5 Å². The molecule has 2 amide bonds. The van der Waals surface area contributed by atoms with Gasteiger partial charge in [0.25, 0.3) is 0 Å². The van der Waals surface area contributed by atoms with E-state index in [1.54, 1.807) is 0 Å². The molecular weight excluding hydrogens is 266 g/mol. The van der Waals surface area contributed by atoms with Gasteiger partial charge in [0.1, 0.15) is 0 Å². The van der Waals surface area contributed by atoms with Crippen LogP contribution in [0.3, 0.4) is 0 Å². The van der Waals surface area contributed by atoms with Gasteiger partial charge in [-0.15, -0.1) is 0 Å². The van der Waals surface area contributed by atoms with Gasteiger partial charge in [-0.2, -0.15) is 0 Å². The predicted molar refractivity (Wildman–Crippen MR) is 86.4 cm³/mol.